The molecule has 0 radical (unpaired) electrons. The minimum Gasteiger partial charge on any atom is -0.490 e. The lowest BCUT2D eigenvalue weighted by Crippen LogP contribution is -2.59. The second-order valence-corrected chi connectivity index (χ2v) is 14.4. The summed E-state index contributed by atoms with van der Waals surface area (Å²) in [7, 11) is -3.71. The van der Waals surface area contributed by atoms with E-state index >= 15 is 0 Å². The van der Waals surface area contributed by atoms with Crippen molar-refractivity contribution in [1.29, 1.82) is 0 Å². The van der Waals surface area contributed by atoms with Gasteiger partial charge in [0.15, 0.2) is 0 Å². The van der Waals surface area contributed by atoms with Gasteiger partial charge in [-0.2, -0.15) is 0 Å². The predicted molar refractivity (Wildman–Crippen MR) is 155 cm³/mol. The summed E-state index contributed by atoms with van der Waals surface area (Å²) in [6, 6.07) is 14.2. The largest absolute Gasteiger partial charge is 0.490 e. The first-order valence-corrected chi connectivity index (χ1v) is 16.2. The molecule has 2 aromatic carbocycles. The van der Waals surface area contributed by atoms with Crippen LogP contribution in [0.15, 0.2) is 54.6 Å². The topological polar surface area (TPSA) is 75.7 Å². The maximum atomic E-state index is 13.2. The molecule has 6 rings (SSSR count). The Hall–Kier alpha value is -2.80. The molecule has 1 amide bonds. The fourth-order valence-corrected chi connectivity index (χ4v) is 8.54. The number of aryl methyl sites for hydroxylation is 1. The van der Waals surface area contributed by atoms with Crippen LogP contribution in [0.1, 0.15) is 80.3 Å². The number of nitrogens with one attached hydrogen (secondary N) is 1. The summed E-state index contributed by atoms with van der Waals surface area (Å²) in [6.45, 7) is 6.09. The fraction of sp³-hybridized carbons (Fsp3) is 0.531. The summed E-state index contributed by atoms with van der Waals surface area (Å²) < 4.78 is 34.2. The zero-order valence-electron chi connectivity index (χ0n) is 23.1. The van der Waals surface area contributed by atoms with Crippen molar-refractivity contribution in [2.75, 3.05) is 23.8 Å². The Kier molecular flexibility index (Phi) is 6.77. The Morgan fingerprint density at radius 2 is 1.90 bits per heavy atom. The van der Waals surface area contributed by atoms with Crippen molar-refractivity contribution >= 4 is 21.6 Å². The van der Waals surface area contributed by atoms with Gasteiger partial charge in [0.1, 0.15) is 5.75 Å². The molecule has 39 heavy (non-hydrogen) atoms. The van der Waals surface area contributed by atoms with Gasteiger partial charge in [-0.05, 0) is 106 Å². The van der Waals surface area contributed by atoms with Crippen LogP contribution in [0.25, 0.3) is 0 Å². The first-order chi connectivity index (χ1) is 18.7. The maximum absolute atomic E-state index is 13.2. The molecule has 3 unspecified atom stereocenters. The third kappa shape index (κ3) is 4.88. The number of carbonyl (C=O) groups excluding carboxylic acids is 1. The second kappa shape index (κ2) is 9.99. The van der Waals surface area contributed by atoms with Gasteiger partial charge >= 0.3 is 0 Å². The molecule has 1 spiro atoms. The van der Waals surface area contributed by atoms with Crippen LogP contribution in [0.4, 0.5) is 5.69 Å². The number of benzene rings is 2. The van der Waals surface area contributed by atoms with Crippen molar-refractivity contribution in [3.63, 3.8) is 0 Å². The van der Waals surface area contributed by atoms with Crippen molar-refractivity contribution in [3.05, 3.63) is 71.3 Å². The molecule has 0 saturated heterocycles. The third-order valence-electron chi connectivity index (χ3n) is 9.82. The van der Waals surface area contributed by atoms with E-state index in [2.05, 4.69) is 59.9 Å². The van der Waals surface area contributed by atoms with Crippen LogP contribution in [0, 0.1) is 11.8 Å². The third-order valence-corrected chi connectivity index (χ3v) is 11.1. The van der Waals surface area contributed by atoms with E-state index in [1.165, 1.54) is 24.0 Å². The van der Waals surface area contributed by atoms with Crippen molar-refractivity contribution in [1.82, 2.24) is 4.72 Å². The van der Waals surface area contributed by atoms with Gasteiger partial charge in [0.2, 0.25) is 10.0 Å². The molecule has 2 aliphatic heterocycles. The van der Waals surface area contributed by atoms with Crippen LogP contribution in [-0.4, -0.2) is 38.8 Å². The number of rotatable bonds is 0. The Balaban J connectivity index is 1.47. The van der Waals surface area contributed by atoms with Gasteiger partial charge in [-0.15, -0.1) is 0 Å². The summed E-state index contributed by atoms with van der Waals surface area (Å²) in [5.41, 5.74) is 3.68. The lowest BCUT2D eigenvalue weighted by Gasteiger charge is -2.55. The number of fused-ring (bicyclic) bond motifs is 4. The number of carbonyl (C=O) groups is 1. The number of allylic oxidation sites excluding steroid dienone is 2. The predicted octanol–water partition coefficient (Wildman–Crippen LogP) is 5.76. The molecule has 1 saturated carbocycles. The van der Waals surface area contributed by atoms with Crippen molar-refractivity contribution < 1.29 is 17.9 Å². The summed E-state index contributed by atoms with van der Waals surface area (Å²) in [5, 5.41) is 0. The van der Waals surface area contributed by atoms with Crippen LogP contribution in [0.5, 0.6) is 5.75 Å². The molecule has 2 aliphatic carbocycles. The van der Waals surface area contributed by atoms with E-state index in [1.54, 1.807) is 6.07 Å². The molecule has 2 bridgehead atoms. The highest BCUT2D eigenvalue weighted by Gasteiger charge is 2.50. The fourth-order valence-electron chi connectivity index (χ4n) is 7.49. The Morgan fingerprint density at radius 3 is 2.72 bits per heavy atom. The minimum absolute atomic E-state index is 0.0652. The SMILES string of the molecule is CC1(C)C2CCC2CC=CCCCS(=O)(=O)NC(=O)c2ccc3c(c2)N1CC1(CCCc2ccccc21)CO3. The van der Waals surface area contributed by atoms with Gasteiger partial charge in [-0.3, -0.25) is 4.79 Å². The number of hydrogen-bond donors (Lipinski definition) is 1. The van der Waals surface area contributed by atoms with Gasteiger partial charge < -0.3 is 9.64 Å². The monoisotopic (exact) mass is 548 g/mol. The number of ether oxygens (including phenoxy) is 1. The molecular weight excluding hydrogens is 508 g/mol. The molecule has 0 aromatic heterocycles. The summed E-state index contributed by atoms with van der Waals surface area (Å²) >= 11 is 0. The Bertz CT molecular complexity index is 1400. The van der Waals surface area contributed by atoms with Crippen LogP contribution in [0.3, 0.4) is 0 Å². The lowest BCUT2D eigenvalue weighted by atomic mass is 9.62. The number of sulfonamides is 1. The van der Waals surface area contributed by atoms with E-state index in [9.17, 15) is 13.2 Å². The van der Waals surface area contributed by atoms with Crippen LogP contribution in [0.2, 0.25) is 0 Å². The zero-order valence-corrected chi connectivity index (χ0v) is 23.9. The lowest BCUT2D eigenvalue weighted by molar-refractivity contribution is 0.0897. The van der Waals surface area contributed by atoms with E-state index < -0.39 is 15.9 Å². The van der Waals surface area contributed by atoms with Gasteiger partial charge in [0.05, 0.1) is 18.0 Å². The van der Waals surface area contributed by atoms with Crippen molar-refractivity contribution in [2.24, 2.45) is 11.8 Å². The number of amides is 1. The number of hydrogen-bond acceptors (Lipinski definition) is 5. The zero-order chi connectivity index (χ0) is 27.3. The molecule has 3 atom stereocenters. The maximum Gasteiger partial charge on any atom is 0.264 e. The van der Waals surface area contributed by atoms with Gasteiger partial charge in [0.25, 0.3) is 5.91 Å². The quantitative estimate of drug-likeness (QED) is 0.424. The standard InChI is InChI=1S/C32H40N2O4S/c1-31(2)26-16-14-24(26)10-5-3-4-8-19-39(36,37)33-30(35)25-15-17-29-28(20-25)34(31)21-32(22-38-29)18-9-12-23-11-6-7-13-27(23)32/h3,5-7,11,13,15,17,20,24,26H,4,8-10,12,14,16,18-19,21-22H2,1-2H3,(H,33,35). The Labute approximate surface area is 232 Å². The van der Waals surface area contributed by atoms with E-state index in [-0.39, 0.29) is 16.7 Å². The highest BCUT2D eigenvalue weighted by atomic mass is 32.2. The molecule has 2 aromatic rings. The van der Waals surface area contributed by atoms with Crippen molar-refractivity contribution in [3.8, 4) is 5.75 Å². The van der Waals surface area contributed by atoms with Crippen LogP contribution < -0.4 is 14.4 Å². The van der Waals surface area contributed by atoms with Gasteiger partial charge in [-0.25, -0.2) is 13.1 Å². The number of anilines is 1. The molecule has 208 valence electrons. The molecule has 1 fully saturated rings. The highest BCUT2D eigenvalue weighted by Crippen LogP contribution is 2.52. The molecule has 1 N–H and O–H groups in total. The average molecular weight is 549 g/mol. The molecule has 4 aliphatic rings. The molecular formula is C32H40N2O4S. The van der Waals surface area contributed by atoms with E-state index in [4.69, 9.17) is 4.74 Å². The molecule has 7 heteroatoms. The highest BCUT2D eigenvalue weighted by molar-refractivity contribution is 7.90. The summed E-state index contributed by atoms with van der Waals surface area (Å²) in [5.74, 6) is 1.21. The smallest absolute Gasteiger partial charge is 0.264 e. The Morgan fingerprint density at radius 1 is 1.05 bits per heavy atom. The second-order valence-electron chi connectivity index (χ2n) is 12.5. The summed E-state index contributed by atoms with van der Waals surface area (Å²) in [6.07, 6.45) is 12.2. The summed E-state index contributed by atoms with van der Waals surface area (Å²) in [4.78, 5) is 15.7. The van der Waals surface area contributed by atoms with E-state index in [1.807, 2.05) is 12.1 Å². The van der Waals surface area contributed by atoms with Gasteiger partial charge in [0, 0.05) is 23.1 Å². The van der Waals surface area contributed by atoms with E-state index in [0.717, 1.165) is 43.7 Å². The number of nitrogens with zero attached hydrogens (tertiary/aromatic N) is 1. The first kappa shape index (κ1) is 26.4. The normalized spacial score (nSPS) is 29.7. The minimum atomic E-state index is -3.71. The average Bonchev–Trinajstić information content (AvgIpc) is 3.04. The van der Waals surface area contributed by atoms with E-state index in [0.29, 0.717) is 36.8 Å². The molecule has 6 nitrogen and oxygen atoms in total. The van der Waals surface area contributed by atoms with Crippen LogP contribution >= 0.6 is 0 Å². The van der Waals surface area contributed by atoms with Gasteiger partial charge in [-0.1, -0.05) is 36.4 Å². The molecule has 2 heterocycles. The van der Waals surface area contributed by atoms with Crippen LogP contribution in [-0.2, 0) is 21.9 Å². The first-order valence-electron chi connectivity index (χ1n) is 14.5. The van der Waals surface area contributed by atoms with Crippen molar-refractivity contribution in [2.45, 2.75) is 76.2 Å².